The molecule has 4 nitrogen and oxygen atoms in total. The second kappa shape index (κ2) is 5.48. The SMILES string of the molecule is CCNc1nnc(-c2cc(F)ccc2Br)n1CC. The number of anilines is 1. The van der Waals surface area contributed by atoms with Crippen LogP contribution in [0.15, 0.2) is 22.7 Å². The largest absolute Gasteiger partial charge is 0.355 e. The lowest BCUT2D eigenvalue weighted by Crippen LogP contribution is -2.07. The van der Waals surface area contributed by atoms with E-state index in [1.54, 1.807) is 6.07 Å². The number of halogens is 2. The highest BCUT2D eigenvalue weighted by atomic mass is 79.9. The first kappa shape index (κ1) is 13.0. The molecule has 2 aromatic rings. The standard InChI is InChI=1S/C12H14BrFN4/c1-3-15-12-17-16-11(18(12)4-2)9-7-8(14)5-6-10(9)13/h5-7H,3-4H2,1-2H3,(H,15,17). The fraction of sp³-hybridized carbons (Fsp3) is 0.333. The number of hydrogen-bond acceptors (Lipinski definition) is 3. The second-order valence-electron chi connectivity index (χ2n) is 3.75. The molecule has 0 bridgehead atoms. The summed E-state index contributed by atoms with van der Waals surface area (Å²) in [6.07, 6.45) is 0. The van der Waals surface area contributed by atoms with E-state index in [0.717, 1.165) is 11.0 Å². The number of nitrogens with zero attached hydrogens (tertiary/aromatic N) is 3. The molecule has 0 radical (unpaired) electrons. The van der Waals surface area contributed by atoms with Crippen molar-refractivity contribution in [2.24, 2.45) is 0 Å². The van der Waals surface area contributed by atoms with Gasteiger partial charge < -0.3 is 5.32 Å². The molecule has 96 valence electrons. The van der Waals surface area contributed by atoms with Gasteiger partial charge in [0.2, 0.25) is 5.95 Å². The molecular weight excluding hydrogens is 299 g/mol. The van der Waals surface area contributed by atoms with Crippen LogP contribution in [0.25, 0.3) is 11.4 Å². The molecule has 0 fully saturated rings. The molecule has 0 saturated carbocycles. The van der Waals surface area contributed by atoms with Crippen LogP contribution in [0.4, 0.5) is 10.3 Å². The minimum Gasteiger partial charge on any atom is -0.355 e. The Morgan fingerprint density at radius 2 is 2.11 bits per heavy atom. The Kier molecular flexibility index (Phi) is 3.96. The van der Waals surface area contributed by atoms with Crippen LogP contribution in [0.2, 0.25) is 0 Å². The summed E-state index contributed by atoms with van der Waals surface area (Å²) in [5.41, 5.74) is 0.702. The van der Waals surface area contributed by atoms with Crippen LogP contribution in [-0.4, -0.2) is 21.3 Å². The molecule has 6 heteroatoms. The van der Waals surface area contributed by atoms with Crippen LogP contribution in [0, 0.1) is 5.82 Å². The summed E-state index contributed by atoms with van der Waals surface area (Å²) in [5.74, 6) is 1.06. The Hall–Kier alpha value is -1.43. The lowest BCUT2D eigenvalue weighted by molar-refractivity contribution is 0.627. The number of aromatic nitrogens is 3. The quantitative estimate of drug-likeness (QED) is 0.942. The van der Waals surface area contributed by atoms with E-state index in [2.05, 4.69) is 31.4 Å². The van der Waals surface area contributed by atoms with E-state index in [1.807, 2.05) is 18.4 Å². The second-order valence-corrected chi connectivity index (χ2v) is 4.60. The molecule has 0 aliphatic rings. The molecule has 0 atom stereocenters. The van der Waals surface area contributed by atoms with Crippen molar-refractivity contribution in [3.63, 3.8) is 0 Å². The predicted molar refractivity (Wildman–Crippen MR) is 73.0 cm³/mol. The Labute approximate surface area is 113 Å². The first-order valence-electron chi connectivity index (χ1n) is 5.79. The normalized spacial score (nSPS) is 10.7. The summed E-state index contributed by atoms with van der Waals surface area (Å²) in [7, 11) is 0. The average molecular weight is 313 g/mol. The Bertz CT molecular complexity index is 553. The van der Waals surface area contributed by atoms with Crippen molar-refractivity contribution in [3.8, 4) is 11.4 Å². The minimum absolute atomic E-state index is 0.288. The molecule has 1 aromatic heterocycles. The number of rotatable bonds is 4. The molecule has 0 saturated heterocycles. The van der Waals surface area contributed by atoms with E-state index >= 15 is 0 Å². The zero-order chi connectivity index (χ0) is 13.1. The first-order chi connectivity index (χ1) is 8.67. The Morgan fingerprint density at radius 3 is 2.78 bits per heavy atom. The van der Waals surface area contributed by atoms with Crippen LogP contribution < -0.4 is 5.32 Å². The number of nitrogens with one attached hydrogen (secondary N) is 1. The summed E-state index contributed by atoms with van der Waals surface area (Å²) in [6, 6.07) is 4.54. The minimum atomic E-state index is -0.288. The molecule has 0 amide bonds. The highest BCUT2D eigenvalue weighted by Crippen LogP contribution is 2.29. The zero-order valence-corrected chi connectivity index (χ0v) is 11.8. The Morgan fingerprint density at radius 1 is 1.33 bits per heavy atom. The summed E-state index contributed by atoms with van der Waals surface area (Å²) in [5, 5.41) is 11.3. The van der Waals surface area contributed by atoms with Gasteiger partial charge in [0.25, 0.3) is 0 Å². The van der Waals surface area contributed by atoms with Gasteiger partial charge in [0, 0.05) is 23.1 Å². The van der Waals surface area contributed by atoms with Gasteiger partial charge in [0.05, 0.1) is 0 Å². The van der Waals surface area contributed by atoms with Crippen molar-refractivity contribution in [2.45, 2.75) is 20.4 Å². The maximum Gasteiger partial charge on any atom is 0.224 e. The monoisotopic (exact) mass is 312 g/mol. The maximum atomic E-state index is 13.3. The van der Waals surface area contributed by atoms with E-state index < -0.39 is 0 Å². The predicted octanol–water partition coefficient (Wildman–Crippen LogP) is 3.30. The number of benzene rings is 1. The molecule has 0 aliphatic heterocycles. The molecule has 1 aromatic carbocycles. The zero-order valence-electron chi connectivity index (χ0n) is 10.2. The molecule has 0 unspecified atom stereocenters. The molecule has 1 heterocycles. The molecular formula is C12H14BrFN4. The maximum absolute atomic E-state index is 13.3. The van der Waals surface area contributed by atoms with Crippen LogP contribution >= 0.6 is 15.9 Å². The fourth-order valence-electron chi connectivity index (χ4n) is 1.76. The molecule has 1 N–H and O–H groups in total. The van der Waals surface area contributed by atoms with Crippen LogP contribution in [0.5, 0.6) is 0 Å². The lowest BCUT2D eigenvalue weighted by Gasteiger charge is -2.09. The van der Waals surface area contributed by atoms with Gasteiger partial charge in [-0.2, -0.15) is 0 Å². The summed E-state index contributed by atoms with van der Waals surface area (Å²) >= 11 is 3.41. The topological polar surface area (TPSA) is 42.7 Å². The molecule has 0 aliphatic carbocycles. The van der Waals surface area contributed by atoms with Gasteiger partial charge in [-0.05, 0) is 32.0 Å². The van der Waals surface area contributed by atoms with E-state index in [-0.39, 0.29) is 5.82 Å². The fourth-order valence-corrected chi connectivity index (χ4v) is 2.18. The van der Waals surface area contributed by atoms with Gasteiger partial charge in [-0.3, -0.25) is 4.57 Å². The highest BCUT2D eigenvalue weighted by molar-refractivity contribution is 9.10. The Balaban J connectivity index is 2.53. The average Bonchev–Trinajstić information content (AvgIpc) is 2.75. The van der Waals surface area contributed by atoms with Crippen LogP contribution in [0.3, 0.4) is 0 Å². The van der Waals surface area contributed by atoms with Gasteiger partial charge >= 0.3 is 0 Å². The van der Waals surface area contributed by atoms with Crippen molar-refractivity contribution >= 4 is 21.9 Å². The van der Waals surface area contributed by atoms with E-state index in [4.69, 9.17) is 0 Å². The van der Waals surface area contributed by atoms with Gasteiger partial charge in [-0.1, -0.05) is 15.9 Å². The third kappa shape index (κ3) is 2.38. The van der Waals surface area contributed by atoms with E-state index in [0.29, 0.717) is 23.9 Å². The number of hydrogen-bond donors (Lipinski definition) is 1. The van der Waals surface area contributed by atoms with Crippen molar-refractivity contribution in [2.75, 3.05) is 11.9 Å². The molecule has 0 spiro atoms. The van der Waals surface area contributed by atoms with Crippen LogP contribution in [0.1, 0.15) is 13.8 Å². The van der Waals surface area contributed by atoms with E-state index in [9.17, 15) is 4.39 Å². The highest BCUT2D eigenvalue weighted by Gasteiger charge is 2.15. The summed E-state index contributed by atoms with van der Waals surface area (Å²) < 4.78 is 16.0. The summed E-state index contributed by atoms with van der Waals surface area (Å²) in [4.78, 5) is 0. The molecule has 18 heavy (non-hydrogen) atoms. The van der Waals surface area contributed by atoms with Crippen molar-refractivity contribution in [1.29, 1.82) is 0 Å². The third-order valence-electron chi connectivity index (χ3n) is 2.57. The summed E-state index contributed by atoms with van der Waals surface area (Å²) in [6.45, 7) is 5.48. The molecule has 2 rings (SSSR count). The van der Waals surface area contributed by atoms with E-state index in [1.165, 1.54) is 12.1 Å². The third-order valence-corrected chi connectivity index (χ3v) is 3.26. The van der Waals surface area contributed by atoms with Gasteiger partial charge in [0.1, 0.15) is 5.82 Å². The van der Waals surface area contributed by atoms with Gasteiger partial charge in [-0.15, -0.1) is 10.2 Å². The van der Waals surface area contributed by atoms with Crippen molar-refractivity contribution in [3.05, 3.63) is 28.5 Å². The first-order valence-corrected chi connectivity index (χ1v) is 6.59. The van der Waals surface area contributed by atoms with Crippen molar-refractivity contribution in [1.82, 2.24) is 14.8 Å². The van der Waals surface area contributed by atoms with Crippen LogP contribution in [-0.2, 0) is 6.54 Å². The van der Waals surface area contributed by atoms with Gasteiger partial charge in [-0.25, -0.2) is 4.39 Å². The smallest absolute Gasteiger partial charge is 0.224 e. The lowest BCUT2D eigenvalue weighted by atomic mass is 10.2. The van der Waals surface area contributed by atoms with Gasteiger partial charge in [0.15, 0.2) is 5.82 Å². The van der Waals surface area contributed by atoms with Crippen molar-refractivity contribution < 1.29 is 4.39 Å².